The highest BCUT2D eigenvalue weighted by Crippen LogP contribution is 2.23. The maximum atomic E-state index is 13.5. The Labute approximate surface area is 106 Å². The Morgan fingerprint density at radius 2 is 2.00 bits per heavy atom. The zero-order valence-corrected chi connectivity index (χ0v) is 10.5. The molecule has 0 saturated carbocycles. The van der Waals surface area contributed by atoms with Crippen LogP contribution in [0.5, 0.6) is 0 Å². The number of pyridine rings is 1. The second kappa shape index (κ2) is 5.49. The number of benzene rings is 1. The SMILES string of the molecule is CN(C)c1ccncc1NCc1ccccc1F. The third kappa shape index (κ3) is 2.77. The number of nitrogens with one attached hydrogen (secondary N) is 1. The third-order valence-corrected chi connectivity index (χ3v) is 2.71. The minimum atomic E-state index is -0.194. The minimum Gasteiger partial charge on any atom is -0.378 e. The van der Waals surface area contributed by atoms with Crippen LogP contribution < -0.4 is 10.2 Å². The first kappa shape index (κ1) is 12.4. The fourth-order valence-electron chi connectivity index (χ4n) is 1.75. The zero-order valence-electron chi connectivity index (χ0n) is 10.5. The van der Waals surface area contributed by atoms with Crippen LogP contribution in [0.2, 0.25) is 0 Å². The summed E-state index contributed by atoms with van der Waals surface area (Å²) < 4.78 is 13.5. The van der Waals surface area contributed by atoms with Gasteiger partial charge in [-0.25, -0.2) is 4.39 Å². The van der Waals surface area contributed by atoms with Gasteiger partial charge in [0.2, 0.25) is 0 Å². The monoisotopic (exact) mass is 245 g/mol. The highest BCUT2D eigenvalue weighted by atomic mass is 19.1. The summed E-state index contributed by atoms with van der Waals surface area (Å²) >= 11 is 0. The normalized spacial score (nSPS) is 10.2. The fourth-order valence-corrected chi connectivity index (χ4v) is 1.75. The number of rotatable bonds is 4. The van der Waals surface area contributed by atoms with Crippen LogP contribution in [0.3, 0.4) is 0 Å². The molecule has 2 aromatic rings. The molecule has 0 aliphatic rings. The summed E-state index contributed by atoms with van der Waals surface area (Å²) in [6.45, 7) is 0.444. The molecule has 94 valence electrons. The molecule has 1 N–H and O–H groups in total. The number of hydrogen-bond acceptors (Lipinski definition) is 3. The van der Waals surface area contributed by atoms with Crippen LogP contribution in [0.15, 0.2) is 42.7 Å². The summed E-state index contributed by atoms with van der Waals surface area (Å²) in [4.78, 5) is 6.07. The van der Waals surface area contributed by atoms with Crippen LogP contribution in [-0.4, -0.2) is 19.1 Å². The molecule has 0 fully saturated rings. The molecule has 1 aromatic heterocycles. The molecule has 0 amide bonds. The standard InChI is InChI=1S/C14H16FN3/c1-18(2)14-7-8-16-10-13(14)17-9-11-5-3-4-6-12(11)15/h3-8,10,17H,9H2,1-2H3. The van der Waals surface area contributed by atoms with E-state index in [1.165, 1.54) is 6.07 Å². The van der Waals surface area contributed by atoms with Gasteiger partial charge in [0.1, 0.15) is 5.82 Å². The van der Waals surface area contributed by atoms with E-state index in [4.69, 9.17) is 0 Å². The summed E-state index contributed by atoms with van der Waals surface area (Å²) in [7, 11) is 3.92. The first-order chi connectivity index (χ1) is 8.68. The Hall–Kier alpha value is -2.10. The average molecular weight is 245 g/mol. The van der Waals surface area contributed by atoms with E-state index >= 15 is 0 Å². The predicted molar refractivity (Wildman–Crippen MR) is 72.3 cm³/mol. The van der Waals surface area contributed by atoms with Crippen molar-refractivity contribution in [1.29, 1.82) is 0 Å². The molecular weight excluding hydrogens is 229 g/mol. The number of halogens is 1. The van der Waals surface area contributed by atoms with Gasteiger partial charge >= 0.3 is 0 Å². The van der Waals surface area contributed by atoms with E-state index < -0.39 is 0 Å². The van der Waals surface area contributed by atoms with Gasteiger partial charge in [0.25, 0.3) is 0 Å². The largest absolute Gasteiger partial charge is 0.378 e. The van der Waals surface area contributed by atoms with Crippen molar-refractivity contribution in [3.05, 3.63) is 54.1 Å². The van der Waals surface area contributed by atoms with Crippen molar-refractivity contribution in [2.75, 3.05) is 24.3 Å². The molecular formula is C14H16FN3. The molecule has 2 rings (SSSR count). The first-order valence-electron chi connectivity index (χ1n) is 5.77. The summed E-state index contributed by atoms with van der Waals surface area (Å²) in [5.41, 5.74) is 2.57. The number of hydrogen-bond donors (Lipinski definition) is 1. The second-order valence-corrected chi connectivity index (χ2v) is 4.23. The smallest absolute Gasteiger partial charge is 0.128 e. The van der Waals surface area contributed by atoms with Crippen LogP contribution in [0.4, 0.5) is 15.8 Å². The van der Waals surface area contributed by atoms with E-state index in [0.29, 0.717) is 12.1 Å². The number of anilines is 2. The lowest BCUT2D eigenvalue weighted by Gasteiger charge is -2.17. The van der Waals surface area contributed by atoms with Gasteiger partial charge in [-0.2, -0.15) is 0 Å². The van der Waals surface area contributed by atoms with E-state index in [1.54, 1.807) is 24.5 Å². The van der Waals surface area contributed by atoms with Crippen molar-refractivity contribution in [1.82, 2.24) is 4.98 Å². The van der Waals surface area contributed by atoms with Gasteiger partial charge in [0.05, 0.1) is 17.6 Å². The lowest BCUT2D eigenvalue weighted by atomic mass is 10.2. The van der Waals surface area contributed by atoms with Crippen molar-refractivity contribution in [3.8, 4) is 0 Å². The van der Waals surface area contributed by atoms with Crippen molar-refractivity contribution in [2.24, 2.45) is 0 Å². The topological polar surface area (TPSA) is 28.2 Å². The van der Waals surface area contributed by atoms with Crippen molar-refractivity contribution in [2.45, 2.75) is 6.54 Å². The summed E-state index contributed by atoms with van der Waals surface area (Å²) in [5, 5.41) is 3.21. The molecule has 0 aliphatic carbocycles. The molecule has 0 aliphatic heterocycles. The van der Waals surface area contributed by atoms with Gasteiger partial charge in [-0.15, -0.1) is 0 Å². The summed E-state index contributed by atoms with van der Waals surface area (Å²) in [5.74, 6) is -0.194. The molecule has 0 bridgehead atoms. The average Bonchev–Trinajstić information content (AvgIpc) is 2.38. The summed E-state index contributed by atoms with van der Waals surface area (Å²) in [6.07, 6.45) is 3.49. The lowest BCUT2D eigenvalue weighted by Crippen LogP contribution is -2.12. The van der Waals surface area contributed by atoms with E-state index in [9.17, 15) is 4.39 Å². The molecule has 1 aromatic carbocycles. The maximum absolute atomic E-state index is 13.5. The third-order valence-electron chi connectivity index (χ3n) is 2.71. The Bertz CT molecular complexity index is 526. The first-order valence-corrected chi connectivity index (χ1v) is 5.77. The van der Waals surface area contributed by atoms with Crippen LogP contribution in [0, 0.1) is 5.82 Å². The molecule has 0 saturated heterocycles. The van der Waals surface area contributed by atoms with Crippen molar-refractivity contribution >= 4 is 11.4 Å². The van der Waals surface area contributed by atoms with Gasteiger partial charge in [-0.3, -0.25) is 4.98 Å². The maximum Gasteiger partial charge on any atom is 0.128 e. The predicted octanol–water partition coefficient (Wildman–Crippen LogP) is 2.90. The Balaban J connectivity index is 2.14. The van der Waals surface area contributed by atoms with Crippen molar-refractivity contribution in [3.63, 3.8) is 0 Å². The number of nitrogens with zero attached hydrogens (tertiary/aromatic N) is 2. The highest BCUT2D eigenvalue weighted by molar-refractivity contribution is 5.68. The van der Waals surface area contributed by atoms with Crippen LogP contribution in [-0.2, 0) is 6.54 Å². The number of aromatic nitrogens is 1. The lowest BCUT2D eigenvalue weighted by molar-refractivity contribution is 0.613. The quantitative estimate of drug-likeness (QED) is 0.897. The Morgan fingerprint density at radius 1 is 1.22 bits per heavy atom. The zero-order chi connectivity index (χ0) is 13.0. The van der Waals surface area contributed by atoms with Crippen molar-refractivity contribution < 1.29 is 4.39 Å². The van der Waals surface area contributed by atoms with Gasteiger partial charge in [-0.1, -0.05) is 18.2 Å². The van der Waals surface area contributed by atoms with Gasteiger partial charge in [0.15, 0.2) is 0 Å². The van der Waals surface area contributed by atoms with E-state index in [1.807, 2.05) is 31.1 Å². The Morgan fingerprint density at radius 3 is 2.72 bits per heavy atom. The van der Waals surface area contributed by atoms with Crippen LogP contribution in [0.1, 0.15) is 5.56 Å². The Kier molecular flexibility index (Phi) is 3.77. The van der Waals surface area contributed by atoms with Gasteiger partial charge in [-0.05, 0) is 12.1 Å². The van der Waals surface area contributed by atoms with Gasteiger partial charge < -0.3 is 10.2 Å². The second-order valence-electron chi connectivity index (χ2n) is 4.23. The molecule has 0 radical (unpaired) electrons. The molecule has 0 spiro atoms. The van der Waals surface area contributed by atoms with E-state index in [-0.39, 0.29) is 5.82 Å². The molecule has 1 heterocycles. The minimum absolute atomic E-state index is 0.194. The molecule has 4 heteroatoms. The van der Waals surface area contributed by atoms with Crippen LogP contribution >= 0.6 is 0 Å². The van der Waals surface area contributed by atoms with Gasteiger partial charge in [0, 0.05) is 32.4 Å². The van der Waals surface area contributed by atoms with E-state index in [0.717, 1.165) is 11.4 Å². The van der Waals surface area contributed by atoms with E-state index in [2.05, 4.69) is 10.3 Å². The molecule has 18 heavy (non-hydrogen) atoms. The summed E-state index contributed by atoms with van der Waals surface area (Å²) in [6, 6.07) is 8.68. The fraction of sp³-hybridized carbons (Fsp3) is 0.214. The molecule has 3 nitrogen and oxygen atoms in total. The van der Waals surface area contributed by atoms with Crippen LogP contribution in [0.25, 0.3) is 0 Å². The molecule has 0 atom stereocenters. The molecule has 0 unspecified atom stereocenters. The highest BCUT2D eigenvalue weighted by Gasteiger charge is 2.05.